The number of aryl methyl sites for hydroxylation is 2. The maximum absolute atomic E-state index is 4.10. The highest BCUT2D eigenvalue weighted by molar-refractivity contribution is 9.09. The monoisotopic (exact) mass is 216 g/mol. The summed E-state index contributed by atoms with van der Waals surface area (Å²) in [4.78, 5) is 4.10. The van der Waals surface area contributed by atoms with Gasteiger partial charge in [-0.15, -0.1) is 0 Å². The highest BCUT2D eigenvalue weighted by Gasteiger charge is 1.98. The number of halogens is 1. The van der Waals surface area contributed by atoms with Crippen LogP contribution in [0.1, 0.15) is 19.0 Å². The van der Waals surface area contributed by atoms with Gasteiger partial charge in [0.25, 0.3) is 0 Å². The van der Waals surface area contributed by atoms with Crippen LogP contribution >= 0.6 is 15.9 Å². The van der Waals surface area contributed by atoms with Crippen molar-refractivity contribution >= 4 is 15.9 Å². The van der Waals surface area contributed by atoms with E-state index in [2.05, 4.69) is 32.4 Å². The predicted molar refractivity (Wildman–Crippen MR) is 50.0 cm³/mol. The first kappa shape index (κ1) is 8.78. The lowest BCUT2D eigenvalue weighted by Crippen LogP contribution is -2.01. The van der Waals surface area contributed by atoms with Gasteiger partial charge in [-0.05, 0) is 12.8 Å². The Labute approximate surface area is 75.8 Å². The Balaban J connectivity index is 2.62. The largest absolute Gasteiger partial charge is 0.335 e. The van der Waals surface area contributed by atoms with Crippen LogP contribution in [-0.4, -0.2) is 14.9 Å². The topological polar surface area (TPSA) is 17.8 Å². The molecule has 0 radical (unpaired) electrons. The minimum atomic E-state index is 1.02. The van der Waals surface area contributed by atoms with E-state index in [0.717, 1.165) is 18.3 Å². The van der Waals surface area contributed by atoms with Crippen LogP contribution in [0.3, 0.4) is 0 Å². The Hall–Kier alpha value is -0.310. The molecule has 0 atom stereocenters. The number of rotatable bonds is 4. The van der Waals surface area contributed by atoms with Crippen LogP contribution in [0.25, 0.3) is 0 Å². The summed E-state index contributed by atoms with van der Waals surface area (Å²) in [5.41, 5.74) is 1.32. The third-order valence-corrected chi connectivity index (χ3v) is 2.01. The highest BCUT2D eigenvalue weighted by Crippen LogP contribution is 2.02. The number of alkyl halides is 1. The average Bonchev–Trinajstić information content (AvgIpc) is 2.39. The molecule has 1 heterocycles. The number of hydrogen-bond acceptors (Lipinski definition) is 1. The molecule has 0 unspecified atom stereocenters. The van der Waals surface area contributed by atoms with Gasteiger partial charge >= 0.3 is 0 Å². The van der Waals surface area contributed by atoms with E-state index in [-0.39, 0.29) is 0 Å². The van der Waals surface area contributed by atoms with Gasteiger partial charge in [0.15, 0.2) is 0 Å². The van der Waals surface area contributed by atoms with E-state index < -0.39 is 0 Å². The molecule has 0 aliphatic heterocycles. The predicted octanol–water partition coefficient (Wildman–Crippen LogP) is 2.23. The van der Waals surface area contributed by atoms with Crippen molar-refractivity contribution in [2.75, 3.05) is 5.33 Å². The summed E-state index contributed by atoms with van der Waals surface area (Å²) in [5.74, 6) is 0. The Morgan fingerprint density at radius 2 is 2.45 bits per heavy atom. The molecule has 0 aliphatic carbocycles. The standard InChI is InChI=1S/C8H13BrN2/c1-2-5-11-7-10-6-8(11)3-4-9/h6-7H,2-5H2,1H3. The fourth-order valence-corrected chi connectivity index (χ4v) is 1.50. The molecule has 0 spiro atoms. The van der Waals surface area contributed by atoms with Crippen LogP contribution in [0.4, 0.5) is 0 Å². The van der Waals surface area contributed by atoms with E-state index in [0.29, 0.717) is 0 Å². The molecule has 0 saturated carbocycles. The zero-order chi connectivity index (χ0) is 8.10. The fraction of sp³-hybridized carbons (Fsp3) is 0.625. The molecule has 0 amide bonds. The summed E-state index contributed by atoms with van der Waals surface area (Å²) >= 11 is 3.41. The van der Waals surface area contributed by atoms with Gasteiger partial charge in [0.05, 0.1) is 6.33 Å². The lowest BCUT2D eigenvalue weighted by molar-refractivity contribution is 0.651. The molecular weight excluding hydrogens is 204 g/mol. The van der Waals surface area contributed by atoms with Gasteiger partial charge in [-0.3, -0.25) is 0 Å². The van der Waals surface area contributed by atoms with Gasteiger partial charge in [-0.2, -0.15) is 0 Å². The van der Waals surface area contributed by atoms with Gasteiger partial charge < -0.3 is 4.57 Å². The van der Waals surface area contributed by atoms with Crippen molar-refractivity contribution in [2.45, 2.75) is 26.3 Å². The zero-order valence-corrected chi connectivity index (χ0v) is 8.34. The van der Waals surface area contributed by atoms with Gasteiger partial charge in [0.1, 0.15) is 0 Å². The Kier molecular flexibility index (Phi) is 3.63. The molecule has 3 heteroatoms. The third kappa shape index (κ3) is 2.33. The van der Waals surface area contributed by atoms with Gasteiger partial charge in [0, 0.05) is 23.8 Å². The van der Waals surface area contributed by atoms with E-state index in [1.165, 1.54) is 12.1 Å². The van der Waals surface area contributed by atoms with Gasteiger partial charge in [-0.1, -0.05) is 22.9 Å². The van der Waals surface area contributed by atoms with Crippen LogP contribution in [-0.2, 0) is 13.0 Å². The van der Waals surface area contributed by atoms with Crippen molar-refractivity contribution in [1.29, 1.82) is 0 Å². The molecule has 11 heavy (non-hydrogen) atoms. The summed E-state index contributed by atoms with van der Waals surface area (Å²) in [7, 11) is 0. The van der Waals surface area contributed by atoms with Crippen molar-refractivity contribution in [3.8, 4) is 0 Å². The minimum Gasteiger partial charge on any atom is -0.335 e. The van der Waals surface area contributed by atoms with Crippen molar-refractivity contribution in [1.82, 2.24) is 9.55 Å². The Morgan fingerprint density at radius 3 is 3.09 bits per heavy atom. The molecule has 1 rings (SSSR count). The van der Waals surface area contributed by atoms with Crippen LogP contribution < -0.4 is 0 Å². The molecule has 0 fully saturated rings. The lowest BCUT2D eigenvalue weighted by Gasteiger charge is -2.03. The van der Waals surface area contributed by atoms with Crippen LogP contribution in [0.5, 0.6) is 0 Å². The Morgan fingerprint density at radius 1 is 1.64 bits per heavy atom. The Bertz CT molecular complexity index is 187. The second-order valence-corrected chi connectivity index (χ2v) is 3.31. The molecule has 0 aliphatic rings. The maximum Gasteiger partial charge on any atom is 0.0948 e. The molecule has 0 N–H and O–H groups in total. The first-order valence-corrected chi connectivity index (χ1v) is 5.05. The van der Waals surface area contributed by atoms with Crippen molar-refractivity contribution < 1.29 is 0 Å². The summed E-state index contributed by atoms with van der Waals surface area (Å²) in [6.45, 7) is 3.26. The average molecular weight is 217 g/mol. The number of hydrogen-bond donors (Lipinski definition) is 0. The molecule has 0 aromatic carbocycles. The smallest absolute Gasteiger partial charge is 0.0948 e. The minimum absolute atomic E-state index is 1.02. The van der Waals surface area contributed by atoms with E-state index in [1.807, 2.05) is 12.5 Å². The SMILES string of the molecule is CCCn1cncc1CCBr. The van der Waals surface area contributed by atoms with Crippen molar-refractivity contribution in [2.24, 2.45) is 0 Å². The summed E-state index contributed by atoms with van der Waals surface area (Å²) in [6, 6.07) is 0. The quantitative estimate of drug-likeness (QED) is 0.707. The summed E-state index contributed by atoms with van der Waals surface area (Å²) in [5, 5.41) is 1.02. The van der Waals surface area contributed by atoms with Crippen LogP contribution in [0.2, 0.25) is 0 Å². The third-order valence-electron chi connectivity index (χ3n) is 1.61. The first-order chi connectivity index (χ1) is 5.38. The van der Waals surface area contributed by atoms with Crippen molar-refractivity contribution in [3.05, 3.63) is 18.2 Å². The van der Waals surface area contributed by atoms with E-state index in [4.69, 9.17) is 0 Å². The molecule has 0 saturated heterocycles. The van der Waals surface area contributed by atoms with E-state index in [9.17, 15) is 0 Å². The van der Waals surface area contributed by atoms with E-state index in [1.54, 1.807) is 0 Å². The van der Waals surface area contributed by atoms with Gasteiger partial charge in [0.2, 0.25) is 0 Å². The van der Waals surface area contributed by atoms with Crippen LogP contribution in [0, 0.1) is 0 Å². The molecular formula is C8H13BrN2. The van der Waals surface area contributed by atoms with Crippen LogP contribution in [0.15, 0.2) is 12.5 Å². The first-order valence-electron chi connectivity index (χ1n) is 3.93. The van der Waals surface area contributed by atoms with E-state index >= 15 is 0 Å². The second kappa shape index (κ2) is 4.54. The maximum atomic E-state index is 4.10. The summed E-state index contributed by atoms with van der Waals surface area (Å²) in [6.07, 6.45) is 6.09. The number of imidazole rings is 1. The van der Waals surface area contributed by atoms with Crippen molar-refractivity contribution in [3.63, 3.8) is 0 Å². The number of nitrogens with zero attached hydrogens (tertiary/aromatic N) is 2. The van der Waals surface area contributed by atoms with Gasteiger partial charge in [-0.25, -0.2) is 4.98 Å². The summed E-state index contributed by atoms with van der Waals surface area (Å²) < 4.78 is 2.21. The lowest BCUT2D eigenvalue weighted by atomic mass is 10.3. The molecule has 1 aromatic rings. The normalized spacial score (nSPS) is 10.4. The second-order valence-electron chi connectivity index (χ2n) is 2.52. The highest BCUT2D eigenvalue weighted by atomic mass is 79.9. The molecule has 62 valence electrons. The number of aromatic nitrogens is 2. The fourth-order valence-electron chi connectivity index (χ4n) is 1.10. The zero-order valence-electron chi connectivity index (χ0n) is 6.76. The molecule has 0 bridgehead atoms. The molecule has 2 nitrogen and oxygen atoms in total. The molecule has 1 aromatic heterocycles.